The van der Waals surface area contributed by atoms with Crippen LogP contribution >= 0.6 is 0 Å². The number of hydrogen-bond donors (Lipinski definition) is 1. The average Bonchev–Trinajstić information content (AvgIpc) is 3.13. The SMILES string of the molecule is O=C(CCc1ccco1)N[C@@H]1CCCN(CCc2ccccc2)C1. The van der Waals surface area contributed by atoms with Crippen molar-refractivity contribution in [1.29, 1.82) is 0 Å². The molecule has 1 aromatic carbocycles. The number of amides is 1. The molecule has 1 fully saturated rings. The van der Waals surface area contributed by atoms with Crippen molar-refractivity contribution in [2.45, 2.75) is 38.1 Å². The van der Waals surface area contributed by atoms with Gasteiger partial charge < -0.3 is 14.6 Å². The first-order valence-corrected chi connectivity index (χ1v) is 8.87. The summed E-state index contributed by atoms with van der Waals surface area (Å²) < 4.78 is 5.28. The lowest BCUT2D eigenvalue weighted by Gasteiger charge is -2.33. The van der Waals surface area contributed by atoms with Crippen molar-refractivity contribution in [2.75, 3.05) is 19.6 Å². The Labute approximate surface area is 143 Å². The van der Waals surface area contributed by atoms with E-state index in [0.29, 0.717) is 12.8 Å². The second-order valence-corrected chi connectivity index (χ2v) is 6.52. The van der Waals surface area contributed by atoms with Crippen LogP contribution in [-0.2, 0) is 17.6 Å². The molecular weight excluding hydrogens is 300 g/mol. The van der Waals surface area contributed by atoms with Crippen LogP contribution in [-0.4, -0.2) is 36.5 Å². The number of piperidine rings is 1. The van der Waals surface area contributed by atoms with Crippen LogP contribution in [0.4, 0.5) is 0 Å². The van der Waals surface area contributed by atoms with Crippen LogP contribution in [0.2, 0.25) is 0 Å². The number of rotatable bonds is 7. The molecule has 0 bridgehead atoms. The fraction of sp³-hybridized carbons (Fsp3) is 0.450. The van der Waals surface area contributed by atoms with Gasteiger partial charge in [-0.15, -0.1) is 0 Å². The van der Waals surface area contributed by atoms with Crippen molar-refractivity contribution in [3.05, 3.63) is 60.1 Å². The molecule has 1 atom stereocenters. The fourth-order valence-electron chi connectivity index (χ4n) is 3.30. The van der Waals surface area contributed by atoms with E-state index in [2.05, 4.69) is 40.5 Å². The summed E-state index contributed by atoms with van der Waals surface area (Å²) in [6.07, 6.45) is 6.11. The smallest absolute Gasteiger partial charge is 0.220 e. The van der Waals surface area contributed by atoms with E-state index in [0.717, 1.165) is 44.7 Å². The highest BCUT2D eigenvalue weighted by Crippen LogP contribution is 2.12. The molecule has 24 heavy (non-hydrogen) atoms. The second-order valence-electron chi connectivity index (χ2n) is 6.52. The Hall–Kier alpha value is -2.07. The van der Waals surface area contributed by atoms with Gasteiger partial charge >= 0.3 is 0 Å². The molecular formula is C20H26N2O2. The summed E-state index contributed by atoms with van der Waals surface area (Å²) in [6.45, 7) is 3.15. The maximum atomic E-state index is 12.1. The minimum atomic E-state index is 0.126. The molecule has 128 valence electrons. The highest BCUT2D eigenvalue weighted by molar-refractivity contribution is 5.76. The molecule has 0 radical (unpaired) electrons. The minimum absolute atomic E-state index is 0.126. The van der Waals surface area contributed by atoms with E-state index >= 15 is 0 Å². The van der Waals surface area contributed by atoms with Crippen LogP contribution in [0.15, 0.2) is 53.1 Å². The molecule has 0 saturated carbocycles. The van der Waals surface area contributed by atoms with Crippen molar-refractivity contribution in [2.24, 2.45) is 0 Å². The molecule has 1 aliphatic rings. The maximum absolute atomic E-state index is 12.1. The Bertz CT molecular complexity index is 610. The van der Waals surface area contributed by atoms with Crippen molar-refractivity contribution in [1.82, 2.24) is 10.2 Å². The lowest BCUT2D eigenvalue weighted by molar-refractivity contribution is -0.122. The van der Waals surface area contributed by atoms with Crippen LogP contribution in [0.5, 0.6) is 0 Å². The molecule has 1 saturated heterocycles. The van der Waals surface area contributed by atoms with Crippen LogP contribution in [0.25, 0.3) is 0 Å². The Morgan fingerprint density at radius 3 is 2.83 bits per heavy atom. The molecule has 4 heteroatoms. The van der Waals surface area contributed by atoms with Gasteiger partial charge in [0, 0.05) is 32.0 Å². The number of carbonyl (C=O) groups excluding carboxylic acids is 1. The molecule has 0 spiro atoms. The Morgan fingerprint density at radius 2 is 2.04 bits per heavy atom. The predicted octanol–water partition coefficient (Wildman–Crippen LogP) is 3.04. The normalized spacial score (nSPS) is 18.4. The molecule has 2 heterocycles. The van der Waals surface area contributed by atoms with Gasteiger partial charge in [-0.25, -0.2) is 0 Å². The lowest BCUT2D eigenvalue weighted by atomic mass is 10.0. The molecule has 0 unspecified atom stereocenters. The average molecular weight is 326 g/mol. The van der Waals surface area contributed by atoms with Gasteiger partial charge in [0.25, 0.3) is 0 Å². The third-order valence-corrected chi connectivity index (χ3v) is 4.61. The molecule has 1 aromatic heterocycles. The molecule has 2 aromatic rings. The number of nitrogens with one attached hydrogen (secondary N) is 1. The molecule has 4 nitrogen and oxygen atoms in total. The number of likely N-dealkylation sites (tertiary alicyclic amines) is 1. The topological polar surface area (TPSA) is 45.5 Å². The van der Waals surface area contributed by atoms with Crippen LogP contribution < -0.4 is 5.32 Å². The zero-order valence-corrected chi connectivity index (χ0v) is 14.1. The third-order valence-electron chi connectivity index (χ3n) is 4.61. The van der Waals surface area contributed by atoms with Crippen LogP contribution in [0.3, 0.4) is 0 Å². The third kappa shape index (κ3) is 5.24. The zero-order valence-electron chi connectivity index (χ0n) is 14.1. The van der Waals surface area contributed by atoms with E-state index in [1.807, 2.05) is 12.1 Å². The van der Waals surface area contributed by atoms with Crippen molar-refractivity contribution >= 4 is 5.91 Å². The molecule has 0 aliphatic carbocycles. The lowest BCUT2D eigenvalue weighted by Crippen LogP contribution is -2.48. The minimum Gasteiger partial charge on any atom is -0.469 e. The first kappa shape index (κ1) is 16.8. The summed E-state index contributed by atoms with van der Waals surface area (Å²) >= 11 is 0. The Morgan fingerprint density at radius 1 is 1.17 bits per heavy atom. The number of benzene rings is 1. The molecule has 1 N–H and O–H groups in total. The number of carbonyl (C=O) groups is 1. The van der Waals surface area contributed by atoms with E-state index in [1.165, 1.54) is 5.56 Å². The van der Waals surface area contributed by atoms with Crippen molar-refractivity contribution in [3.8, 4) is 0 Å². The number of nitrogens with zero attached hydrogens (tertiary/aromatic N) is 1. The number of aryl methyl sites for hydroxylation is 1. The zero-order chi connectivity index (χ0) is 16.6. The molecule has 1 aliphatic heterocycles. The maximum Gasteiger partial charge on any atom is 0.220 e. The summed E-state index contributed by atoms with van der Waals surface area (Å²) in [6, 6.07) is 14.6. The summed E-state index contributed by atoms with van der Waals surface area (Å²) in [7, 11) is 0. The van der Waals surface area contributed by atoms with Crippen LogP contribution in [0.1, 0.15) is 30.6 Å². The summed E-state index contributed by atoms with van der Waals surface area (Å²) in [5.74, 6) is 1.000. The highest BCUT2D eigenvalue weighted by Gasteiger charge is 2.21. The van der Waals surface area contributed by atoms with Gasteiger partial charge in [-0.2, -0.15) is 0 Å². The molecule has 1 amide bonds. The highest BCUT2D eigenvalue weighted by atomic mass is 16.3. The van der Waals surface area contributed by atoms with E-state index in [-0.39, 0.29) is 11.9 Å². The van der Waals surface area contributed by atoms with Gasteiger partial charge in [0.2, 0.25) is 5.91 Å². The van der Waals surface area contributed by atoms with E-state index < -0.39 is 0 Å². The second kappa shape index (κ2) is 8.69. The monoisotopic (exact) mass is 326 g/mol. The number of furan rings is 1. The Balaban J connectivity index is 1.39. The van der Waals surface area contributed by atoms with Gasteiger partial charge in [-0.3, -0.25) is 4.79 Å². The summed E-state index contributed by atoms with van der Waals surface area (Å²) in [5.41, 5.74) is 1.38. The van der Waals surface area contributed by atoms with Gasteiger partial charge in [0.1, 0.15) is 5.76 Å². The first-order valence-electron chi connectivity index (χ1n) is 8.87. The fourth-order valence-corrected chi connectivity index (χ4v) is 3.30. The predicted molar refractivity (Wildman–Crippen MR) is 94.8 cm³/mol. The van der Waals surface area contributed by atoms with E-state index in [1.54, 1.807) is 6.26 Å². The van der Waals surface area contributed by atoms with Gasteiger partial charge in [0.05, 0.1) is 6.26 Å². The summed E-state index contributed by atoms with van der Waals surface area (Å²) in [4.78, 5) is 14.6. The van der Waals surface area contributed by atoms with E-state index in [4.69, 9.17) is 4.42 Å². The first-order chi connectivity index (χ1) is 11.8. The Kier molecular flexibility index (Phi) is 6.07. The summed E-state index contributed by atoms with van der Waals surface area (Å²) in [5, 5.41) is 3.19. The largest absolute Gasteiger partial charge is 0.469 e. The van der Waals surface area contributed by atoms with Gasteiger partial charge in [-0.05, 0) is 43.5 Å². The quantitative estimate of drug-likeness (QED) is 0.850. The van der Waals surface area contributed by atoms with Crippen molar-refractivity contribution < 1.29 is 9.21 Å². The standard InChI is InChI=1S/C20H26N2O2/c23-20(11-10-19-9-5-15-24-19)21-18-8-4-13-22(16-18)14-12-17-6-2-1-3-7-17/h1-3,5-7,9,15,18H,4,8,10-14,16H2,(H,21,23)/t18-/m1/s1. The van der Waals surface area contributed by atoms with Crippen molar-refractivity contribution in [3.63, 3.8) is 0 Å². The van der Waals surface area contributed by atoms with Gasteiger partial charge in [0.15, 0.2) is 0 Å². The van der Waals surface area contributed by atoms with Gasteiger partial charge in [-0.1, -0.05) is 30.3 Å². The molecule has 3 rings (SSSR count). The van der Waals surface area contributed by atoms with E-state index in [9.17, 15) is 4.79 Å². The van der Waals surface area contributed by atoms with Crippen LogP contribution in [0, 0.1) is 0 Å². The number of hydrogen-bond acceptors (Lipinski definition) is 3.